The molecule has 1 aliphatic rings. The normalized spacial score (nSPS) is 23.9. The highest BCUT2D eigenvalue weighted by molar-refractivity contribution is 7.92. The third kappa shape index (κ3) is 3.21. The van der Waals surface area contributed by atoms with E-state index in [2.05, 4.69) is 25.0 Å². The molecule has 0 bridgehead atoms. The maximum atomic E-state index is 13.3. The van der Waals surface area contributed by atoms with E-state index in [9.17, 15) is 8.42 Å². The van der Waals surface area contributed by atoms with Crippen LogP contribution in [0.5, 0.6) is 0 Å². The second-order valence-electron chi connectivity index (χ2n) is 7.72. The molecule has 1 saturated heterocycles. The van der Waals surface area contributed by atoms with E-state index in [1.807, 2.05) is 60.7 Å². The summed E-state index contributed by atoms with van der Waals surface area (Å²) in [7, 11) is -4.74. The number of rotatable bonds is 6. The van der Waals surface area contributed by atoms with Crippen LogP contribution in [0.15, 0.2) is 60.7 Å². The summed E-state index contributed by atoms with van der Waals surface area (Å²) in [6, 6.07) is 20.1. The molecule has 3 nitrogen and oxygen atoms in total. The van der Waals surface area contributed by atoms with Gasteiger partial charge in [0.15, 0.2) is 14.7 Å². The van der Waals surface area contributed by atoms with E-state index in [0.717, 1.165) is 17.2 Å². The van der Waals surface area contributed by atoms with Gasteiger partial charge in [-0.3, -0.25) is 5.32 Å². The summed E-state index contributed by atoms with van der Waals surface area (Å²) in [5, 5.41) is 3.32. The van der Waals surface area contributed by atoms with E-state index < -0.39 is 22.8 Å². The van der Waals surface area contributed by atoms with Crippen LogP contribution >= 0.6 is 0 Å². The lowest BCUT2D eigenvalue weighted by Crippen LogP contribution is -2.32. The van der Waals surface area contributed by atoms with Crippen LogP contribution in [0.3, 0.4) is 0 Å². The standard InChI is InChI=1S/C19H25NO2SSi/c1-24(2,3)15-14-23(21,22)19(17-12-8-5-9-13-17)18(20-19)16-10-6-4-7-11-16/h4-13,18,20H,14-15H2,1-3H3. The zero-order valence-corrected chi connectivity index (χ0v) is 16.3. The molecule has 3 rings (SSSR count). The third-order valence-corrected chi connectivity index (χ3v) is 9.05. The predicted octanol–water partition coefficient (Wildman–Crippen LogP) is 3.94. The van der Waals surface area contributed by atoms with Gasteiger partial charge in [-0.1, -0.05) is 80.3 Å². The van der Waals surface area contributed by atoms with Crippen LogP contribution in [-0.2, 0) is 14.7 Å². The minimum atomic E-state index is -3.31. The Hall–Kier alpha value is -1.43. The Labute approximate surface area is 146 Å². The van der Waals surface area contributed by atoms with Crippen LogP contribution in [0, 0.1) is 0 Å². The molecule has 0 aromatic heterocycles. The fraction of sp³-hybridized carbons (Fsp3) is 0.368. The Kier molecular flexibility index (Phi) is 4.44. The predicted molar refractivity (Wildman–Crippen MR) is 102 cm³/mol. The summed E-state index contributed by atoms with van der Waals surface area (Å²) in [5.41, 5.74) is 1.87. The zero-order valence-electron chi connectivity index (χ0n) is 14.5. The first-order valence-corrected chi connectivity index (χ1v) is 13.7. The van der Waals surface area contributed by atoms with Crippen molar-refractivity contribution in [3.05, 3.63) is 71.8 Å². The summed E-state index contributed by atoms with van der Waals surface area (Å²) in [5.74, 6) is 0.244. The monoisotopic (exact) mass is 359 g/mol. The highest BCUT2D eigenvalue weighted by Gasteiger charge is 2.64. The molecule has 0 saturated carbocycles. The molecular weight excluding hydrogens is 334 g/mol. The lowest BCUT2D eigenvalue weighted by atomic mass is 10.0. The van der Waals surface area contributed by atoms with Crippen LogP contribution in [0.25, 0.3) is 0 Å². The van der Waals surface area contributed by atoms with E-state index in [0.29, 0.717) is 0 Å². The van der Waals surface area contributed by atoms with Gasteiger partial charge in [0.2, 0.25) is 0 Å². The summed E-state index contributed by atoms with van der Waals surface area (Å²) < 4.78 is 26.6. The Bertz CT molecular complexity index is 800. The van der Waals surface area contributed by atoms with E-state index in [-0.39, 0.29) is 11.8 Å². The van der Waals surface area contributed by atoms with Crippen molar-refractivity contribution in [2.75, 3.05) is 5.75 Å². The molecule has 0 radical (unpaired) electrons. The first kappa shape index (κ1) is 17.4. The zero-order chi connectivity index (χ0) is 17.4. The highest BCUT2D eigenvalue weighted by Crippen LogP contribution is 2.53. The fourth-order valence-corrected chi connectivity index (χ4v) is 8.26. The van der Waals surface area contributed by atoms with Crippen molar-refractivity contribution in [2.24, 2.45) is 0 Å². The lowest BCUT2D eigenvalue weighted by molar-refractivity contribution is 0.576. The molecule has 0 amide bonds. The SMILES string of the molecule is C[Si](C)(C)CCS(=O)(=O)C1(c2ccccc2)NC1c1ccccc1. The van der Waals surface area contributed by atoms with Crippen molar-refractivity contribution >= 4 is 17.9 Å². The van der Waals surface area contributed by atoms with Gasteiger partial charge in [0.1, 0.15) is 0 Å². The van der Waals surface area contributed by atoms with Gasteiger partial charge in [0.25, 0.3) is 0 Å². The van der Waals surface area contributed by atoms with Crippen LogP contribution in [-0.4, -0.2) is 22.2 Å². The first-order chi connectivity index (χ1) is 11.3. The topological polar surface area (TPSA) is 56.1 Å². The number of hydrogen-bond donors (Lipinski definition) is 1. The Morgan fingerprint density at radius 3 is 2.04 bits per heavy atom. The summed E-state index contributed by atoms with van der Waals surface area (Å²) in [4.78, 5) is -0.977. The van der Waals surface area contributed by atoms with Crippen molar-refractivity contribution in [1.29, 1.82) is 0 Å². The van der Waals surface area contributed by atoms with Crippen LogP contribution < -0.4 is 5.32 Å². The van der Waals surface area contributed by atoms with Crippen molar-refractivity contribution in [3.8, 4) is 0 Å². The Balaban J connectivity index is 2.00. The van der Waals surface area contributed by atoms with Gasteiger partial charge in [-0.15, -0.1) is 0 Å². The van der Waals surface area contributed by atoms with Crippen molar-refractivity contribution in [1.82, 2.24) is 5.32 Å². The lowest BCUT2D eigenvalue weighted by Gasteiger charge is -2.21. The molecule has 2 aromatic carbocycles. The first-order valence-electron chi connectivity index (χ1n) is 8.37. The average molecular weight is 360 g/mol. The molecule has 5 heteroatoms. The van der Waals surface area contributed by atoms with E-state index in [4.69, 9.17) is 0 Å². The minimum absolute atomic E-state index is 0.173. The summed E-state index contributed by atoms with van der Waals surface area (Å²) >= 11 is 0. The number of sulfone groups is 1. The van der Waals surface area contributed by atoms with Crippen LogP contribution in [0.2, 0.25) is 25.7 Å². The summed E-state index contributed by atoms with van der Waals surface area (Å²) in [6.45, 7) is 6.64. The number of nitrogens with one attached hydrogen (secondary N) is 1. The molecule has 2 unspecified atom stereocenters. The molecule has 1 heterocycles. The van der Waals surface area contributed by atoms with Crippen LogP contribution in [0.1, 0.15) is 17.2 Å². The molecule has 128 valence electrons. The number of hydrogen-bond acceptors (Lipinski definition) is 3. The second-order valence-corrected chi connectivity index (χ2v) is 15.6. The molecule has 2 atom stereocenters. The molecule has 24 heavy (non-hydrogen) atoms. The third-order valence-electron chi connectivity index (χ3n) is 4.63. The Morgan fingerprint density at radius 1 is 0.958 bits per heavy atom. The van der Waals surface area contributed by atoms with Gasteiger partial charge in [-0.2, -0.15) is 0 Å². The molecule has 0 spiro atoms. The number of benzene rings is 2. The quantitative estimate of drug-likeness (QED) is 0.628. The molecule has 1 fully saturated rings. The summed E-state index contributed by atoms with van der Waals surface area (Å²) in [6.07, 6.45) is 0. The van der Waals surface area contributed by atoms with Gasteiger partial charge in [0, 0.05) is 8.07 Å². The van der Waals surface area contributed by atoms with Gasteiger partial charge in [0.05, 0.1) is 11.8 Å². The van der Waals surface area contributed by atoms with Gasteiger partial charge in [-0.05, 0) is 17.2 Å². The minimum Gasteiger partial charge on any atom is -0.283 e. The molecule has 1 N–H and O–H groups in total. The van der Waals surface area contributed by atoms with Gasteiger partial charge in [-0.25, -0.2) is 8.42 Å². The second kappa shape index (κ2) is 6.13. The maximum absolute atomic E-state index is 13.3. The smallest absolute Gasteiger partial charge is 0.175 e. The maximum Gasteiger partial charge on any atom is 0.175 e. The fourth-order valence-electron chi connectivity index (χ4n) is 3.12. The molecule has 0 aliphatic carbocycles. The molecular formula is C19H25NO2SSi. The van der Waals surface area contributed by atoms with E-state index >= 15 is 0 Å². The van der Waals surface area contributed by atoms with E-state index in [1.165, 1.54) is 0 Å². The van der Waals surface area contributed by atoms with Crippen molar-refractivity contribution in [3.63, 3.8) is 0 Å². The Morgan fingerprint density at radius 2 is 1.50 bits per heavy atom. The van der Waals surface area contributed by atoms with E-state index in [1.54, 1.807) is 0 Å². The van der Waals surface area contributed by atoms with Gasteiger partial charge >= 0.3 is 0 Å². The van der Waals surface area contributed by atoms with Crippen molar-refractivity contribution in [2.45, 2.75) is 36.6 Å². The molecule has 1 aliphatic heterocycles. The highest BCUT2D eigenvalue weighted by atomic mass is 32.2. The average Bonchev–Trinajstić information content (AvgIpc) is 3.32. The molecule has 2 aromatic rings. The van der Waals surface area contributed by atoms with Gasteiger partial charge < -0.3 is 0 Å². The largest absolute Gasteiger partial charge is 0.283 e. The van der Waals surface area contributed by atoms with Crippen LogP contribution in [0.4, 0.5) is 0 Å². The van der Waals surface area contributed by atoms with Crippen molar-refractivity contribution < 1.29 is 8.42 Å².